The Labute approximate surface area is 202 Å². The summed E-state index contributed by atoms with van der Waals surface area (Å²) >= 11 is 1.51. The molecule has 0 saturated carbocycles. The van der Waals surface area contributed by atoms with Gasteiger partial charge in [-0.15, -0.1) is 11.3 Å². The van der Waals surface area contributed by atoms with Crippen molar-refractivity contribution >= 4 is 23.2 Å². The lowest BCUT2D eigenvalue weighted by atomic mass is 9.91. The van der Waals surface area contributed by atoms with Gasteiger partial charge in [-0.2, -0.15) is 5.26 Å². The van der Waals surface area contributed by atoms with Crippen molar-refractivity contribution in [1.82, 2.24) is 10.5 Å². The Morgan fingerprint density at radius 1 is 1.35 bits per heavy atom. The van der Waals surface area contributed by atoms with Gasteiger partial charge in [0.15, 0.2) is 0 Å². The lowest BCUT2D eigenvalue weighted by Crippen LogP contribution is -2.31. The molecule has 7 nitrogen and oxygen atoms in total. The van der Waals surface area contributed by atoms with Crippen molar-refractivity contribution in [3.05, 3.63) is 74.3 Å². The largest absolute Gasteiger partial charge is 0.446 e. The predicted octanol–water partition coefficient (Wildman–Crippen LogP) is 5.01. The summed E-state index contributed by atoms with van der Waals surface area (Å²) in [6, 6.07) is 12.3. The molecule has 2 aromatic heterocycles. The molecule has 3 aromatic rings. The number of ether oxygens (including phenoxy) is 1. The van der Waals surface area contributed by atoms with Gasteiger partial charge in [-0.1, -0.05) is 42.4 Å². The number of nitrogens with zero attached hydrogens (tertiary/aromatic N) is 2. The SMILES string of the molecule is Cc1nocc1CNC(=O)OC1CCc2c(sc(CC(=O)CC(C)c3ccccc3)c2C#N)C1. The molecule has 1 aliphatic carbocycles. The number of thiophene rings is 1. The molecule has 0 saturated heterocycles. The second-order valence-corrected chi connectivity index (χ2v) is 9.88. The molecule has 176 valence electrons. The van der Waals surface area contributed by atoms with Crippen LogP contribution in [0.2, 0.25) is 0 Å². The highest BCUT2D eigenvalue weighted by Gasteiger charge is 2.28. The minimum Gasteiger partial charge on any atom is -0.446 e. The number of fused-ring (bicyclic) bond motifs is 1. The number of nitriles is 1. The van der Waals surface area contributed by atoms with Gasteiger partial charge in [-0.05, 0) is 36.8 Å². The predicted molar refractivity (Wildman–Crippen MR) is 128 cm³/mol. The first-order valence-corrected chi connectivity index (χ1v) is 12.2. The van der Waals surface area contributed by atoms with Gasteiger partial charge in [-0.3, -0.25) is 4.79 Å². The third kappa shape index (κ3) is 5.54. The zero-order valence-electron chi connectivity index (χ0n) is 19.3. The second kappa shape index (κ2) is 10.7. The van der Waals surface area contributed by atoms with Crippen LogP contribution in [0.5, 0.6) is 0 Å². The fourth-order valence-electron chi connectivity index (χ4n) is 4.30. The van der Waals surface area contributed by atoms with Gasteiger partial charge >= 0.3 is 6.09 Å². The first kappa shape index (κ1) is 23.7. The summed E-state index contributed by atoms with van der Waals surface area (Å²) in [6.07, 6.45) is 3.32. The Balaban J connectivity index is 1.35. The molecule has 34 heavy (non-hydrogen) atoms. The van der Waals surface area contributed by atoms with Crippen molar-refractivity contribution in [3.63, 3.8) is 0 Å². The summed E-state index contributed by atoms with van der Waals surface area (Å²) in [5.41, 5.74) is 4.30. The number of benzene rings is 1. The van der Waals surface area contributed by atoms with Crippen molar-refractivity contribution in [1.29, 1.82) is 5.26 Å². The van der Waals surface area contributed by atoms with Crippen molar-refractivity contribution in [3.8, 4) is 6.07 Å². The quantitative estimate of drug-likeness (QED) is 0.489. The molecule has 1 amide bonds. The van der Waals surface area contributed by atoms with E-state index in [9.17, 15) is 14.9 Å². The smallest absolute Gasteiger partial charge is 0.407 e. The average molecular weight is 478 g/mol. The van der Waals surface area contributed by atoms with E-state index < -0.39 is 6.09 Å². The second-order valence-electron chi connectivity index (χ2n) is 8.69. The Morgan fingerprint density at radius 2 is 2.15 bits per heavy atom. The van der Waals surface area contributed by atoms with Gasteiger partial charge in [0.2, 0.25) is 0 Å². The molecule has 1 N–H and O–H groups in total. The number of carbonyl (C=O) groups excluding carboxylic acids is 2. The van der Waals surface area contributed by atoms with E-state index in [1.165, 1.54) is 17.6 Å². The normalized spacial score (nSPS) is 15.7. The molecule has 2 atom stereocenters. The van der Waals surface area contributed by atoms with Crippen LogP contribution in [0.4, 0.5) is 4.79 Å². The standard InChI is InChI=1S/C26H27N3O4S/c1-16(18-6-4-3-5-7-18)10-20(30)11-24-23(13-27)22-9-8-21(12-25(22)34-24)33-26(31)28-14-19-15-32-29-17(19)2/h3-7,15-16,21H,8-12,14H2,1-2H3,(H,28,31). The first-order valence-electron chi connectivity index (χ1n) is 11.4. The molecular formula is C26H27N3O4S. The fourth-order valence-corrected chi connectivity index (χ4v) is 5.70. The van der Waals surface area contributed by atoms with Crippen LogP contribution >= 0.6 is 11.3 Å². The third-order valence-electron chi connectivity index (χ3n) is 6.21. The Kier molecular flexibility index (Phi) is 7.43. The van der Waals surface area contributed by atoms with Gasteiger partial charge < -0.3 is 14.6 Å². The molecule has 0 bridgehead atoms. The average Bonchev–Trinajstić information content (AvgIpc) is 3.39. The summed E-state index contributed by atoms with van der Waals surface area (Å²) in [4.78, 5) is 26.9. The highest BCUT2D eigenvalue weighted by molar-refractivity contribution is 7.12. The van der Waals surface area contributed by atoms with Gasteiger partial charge in [0, 0.05) is 34.6 Å². The minimum absolute atomic E-state index is 0.127. The Bertz CT molecular complexity index is 1210. The van der Waals surface area contributed by atoms with Gasteiger partial charge in [0.25, 0.3) is 0 Å². The summed E-state index contributed by atoms with van der Waals surface area (Å²) in [5, 5.41) is 16.3. The Morgan fingerprint density at radius 3 is 2.85 bits per heavy atom. The summed E-state index contributed by atoms with van der Waals surface area (Å²) in [5.74, 6) is 0.259. The van der Waals surface area contributed by atoms with Crippen LogP contribution in [-0.2, 0) is 35.3 Å². The van der Waals surface area contributed by atoms with E-state index in [4.69, 9.17) is 9.26 Å². The van der Waals surface area contributed by atoms with Crippen LogP contribution in [0, 0.1) is 18.3 Å². The number of hydrogen-bond acceptors (Lipinski definition) is 7. The molecule has 4 rings (SSSR count). The lowest BCUT2D eigenvalue weighted by Gasteiger charge is -2.22. The Hall–Kier alpha value is -3.44. The molecular weight excluding hydrogens is 450 g/mol. The summed E-state index contributed by atoms with van der Waals surface area (Å²) < 4.78 is 10.5. The van der Waals surface area contributed by atoms with Crippen LogP contribution in [0.3, 0.4) is 0 Å². The van der Waals surface area contributed by atoms with Crippen LogP contribution in [0.25, 0.3) is 0 Å². The van der Waals surface area contributed by atoms with E-state index in [0.29, 0.717) is 31.2 Å². The molecule has 0 radical (unpaired) electrons. The fraction of sp³-hybridized carbons (Fsp3) is 0.385. The van der Waals surface area contributed by atoms with Crippen molar-refractivity contribution < 1.29 is 18.8 Å². The van der Waals surface area contributed by atoms with E-state index in [1.54, 1.807) is 0 Å². The van der Waals surface area contributed by atoms with Crippen molar-refractivity contribution in [2.75, 3.05) is 0 Å². The van der Waals surface area contributed by atoms with E-state index in [2.05, 4.69) is 23.5 Å². The van der Waals surface area contributed by atoms with Gasteiger partial charge in [0.1, 0.15) is 24.2 Å². The molecule has 0 spiro atoms. The van der Waals surface area contributed by atoms with E-state index in [1.807, 2.05) is 37.3 Å². The zero-order chi connectivity index (χ0) is 24.1. The van der Waals surface area contributed by atoms with Gasteiger partial charge in [0.05, 0.1) is 17.8 Å². The number of nitrogens with one attached hydrogen (secondary N) is 1. The monoisotopic (exact) mass is 477 g/mol. The zero-order valence-corrected chi connectivity index (χ0v) is 20.1. The maximum absolute atomic E-state index is 12.8. The highest BCUT2D eigenvalue weighted by atomic mass is 32.1. The number of aryl methyl sites for hydroxylation is 1. The molecule has 8 heteroatoms. The maximum Gasteiger partial charge on any atom is 0.407 e. The highest BCUT2D eigenvalue weighted by Crippen LogP contribution is 2.36. The van der Waals surface area contributed by atoms with Crippen LogP contribution in [-0.4, -0.2) is 23.1 Å². The number of hydrogen-bond donors (Lipinski definition) is 1. The van der Waals surface area contributed by atoms with Gasteiger partial charge in [-0.25, -0.2) is 4.79 Å². The number of alkyl carbamates (subject to hydrolysis) is 1. The molecule has 1 aromatic carbocycles. The number of aromatic nitrogens is 1. The van der Waals surface area contributed by atoms with Crippen LogP contribution in [0.1, 0.15) is 63.4 Å². The lowest BCUT2D eigenvalue weighted by molar-refractivity contribution is -0.118. The molecule has 0 fully saturated rings. The van der Waals surface area contributed by atoms with Crippen molar-refractivity contribution in [2.45, 2.75) is 64.5 Å². The number of carbonyl (C=O) groups is 2. The van der Waals surface area contributed by atoms with E-state index >= 15 is 0 Å². The molecule has 0 aliphatic heterocycles. The topological polar surface area (TPSA) is 105 Å². The number of amides is 1. The first-order chi connectivity index (χ1) is 16.4. The van der Waals surface area contributed by atoms with Crippen LogP contribution < -0.4 is 5.32 Å². The summed E-state index contributed by atoms with van der Waals surface area (Å²) in [7, 11) is 0. The van der Waals surface area contributed by atoms with Crippen LogP contribution in [0.15, 0.2) is 41.1 Å². The number of Topliss-reactive ketones (excluding diaryl/α,β-unsaturated/α-hetero) is 1. The van der Waals surface area contributed by atoms with Crippen molar-refractivity contribution in [2.24, 2.45) is 0 Å². The molecule has 2 heterocycles. The molecule has 1 aliphatic rings. The minimum atomic E-state index is -0.489. The third-order valence-corrected chi connectivity index (χ3v) is 7.47. The maximum atomic E-state index is 12.8. The molecule has 2 unspecified atom stereocenters. The van der Waals surface area contributed by atoms with E-state index in [-0.39, 0.29) is 30.8 Å². The van der Waals surface area contributed by atoms with E-state index in [0.717, 1.165) is 32.1 Å². The number of rotatable bonds is 8. The summed E-state index contributed by atoms with van der Waals surface area (Å²) in [6.45, 7) is 4.15. The number of ketones is 1.